The predicted octanol–water partition coefficient (Wildman–Crippen LogP) is 3.26. The topological polar surface area (TPSA) is 75.6 Å². The van der Waals surface area contributed by atoms with E-state index < -0.39 is 5.97 Å². The van der Waals surface area contributed by atoms with E-state index >= 15 is 0 Å². The highest BCUT2D eigenvalue weighted by molar-refractivity contribution is 5.91. The number of carboxylic acid groups (broad SMARTS) is 1. The molecule has 0 bridgehead atoms. The molecule has 0 atom stereocenters. The maximum atomic E-state index is 11.6. The van der Waals surface area contributed by atoms with Crippen molar-refractivity contribution in [2.45, 2.75) is 19.4 Å². The third kappa shape index (κ3) is 7.35. The molecule has 0 radical (unpaired) electrons. The molecule has 1 amide bonds. The zero-order valence-corrected chi connectivity index (χ0v) is 13.9. The van der Waals surface area contributed by atoms with Crippen LogP contribution in [0.2, 0.25) is 0 Å². The average molecular weight is 339 g/mol. The van der Waals surface area contributed by atoms with E-state index in [2.05, 4.69) is 5.32 Å². The molecule has 2 rings (SSSR count). The molecule has 0 spiro atoms. The van der Waals surface area contributed by atoms with Crippen molar-refractivity contribution >= 4 is 18.0 Å². The van der Waals surface area contributed by atoms with Gasteiger partial charge in [-0.1, -0.05) is 42.5 Å². The molecule has 0 unspecified atom stereocenters. The van der Waals surface area contributed by atoms with E-state index in [-0.39, 0.29) is 12.3 Å². The average Bonchev–Trinajstić information content (AvgIpc) is 2.63. The van der Waals surface area contributed by atoms with E-state index in [1.54, 1.807) is 6.08 Å². The molecule has 0 aromatic heterocycles. The van der Waals surface area contributed by atoms with Gasteiger partial charge in [0, 0.05) is 19.0 Å². The Kier molecular flexibility index (Phi) is 7.25. The Morgan fingerprint density at radius 2 is 1.76 bits per heavy atom. The Balaban J connectivity index is 1.75. The minimum atomic E-state index is -0.862. The van der Waals surface area contributed by atoms with Crippen LogP contribution in [0.1, 0.15) is 24.0 Å². The van der Waals surface area contributed by atoms with E-state index in [0.29, 0.717) is 19.6 Å². The van der Waals surface area contributed by atoms with Crippen LogP contribution < -0.4 is 10.1 Å². The number of hydrogen-bond acceptors (Lipinski definition) is 3. The van der Waals surface area contributed by atoms with Gasteiger partial charge in [-0.05, 0) is 35.8 Å². The number of carbonyl (C=O) groups excluding carboxylic acids is 1. The third-order valence-electron chi connectivity index (χ3n) is 3.42. The lowest BCUT2D eigenvalue weighted by Gasteiger charge is -2.06. The summed E-state index contributed by atoms with van der Waals surface area (Å²) in [6.45, 7) is 0.858. The lowest BCUT2D eigenvalue weighted by atomic mass is 10.2. The fraction of sp³-hybridized carbons (Fsp3) is 0.200. The van der Waals surface area contributed by atoms with Crippen molar-refractivity contribution in [1.82, 2.24) is 5.32 Å². The molecule has 2 aromatic rings. The molecule has 0 aliphatic rings. The van der Waals surface area contributed by atoms with Crippen LogP contribution >= 0.6 is 0 Å². The molecule has 130 valence electrons. The summed E-state index contributed by atoms with van der Waals surface area (Å²) in [7, 11) is 0. The van der Waals surface area contributed by atoms with Gasteiger partial charge in [-0.15, -0.1) is 0 Å². The Morgan fingerprint density at radius 1 is 1.04 bits per heavy atom. The summed E-state index contributed by atoms with van der Waals surface area (Å²) in [4.78, 5) is 22.0. The highest BCUT2D eigenvalue weighted by Gasteiger charge is 1.99. The molecule has 5 nitrogen and oxygen atoms in total. The van der Waals surface area contributed by atoms with Crippen LogP contribution in [0.5, 0.6) is 5.75 Å². The number of hydrogen-bond donors (Lipinski definition) is 2. The third-order valence-corrected chi connectivity index (χ3v) is 3.42. The van der Waals surface area contributed by atoms with Gasteiger partial charge in [0.1, 0.15) is 12.4 Å². The van der Waals surface area contributed by atoms with Crippen molar-refractivity contribution in [1.29, 1.82) is 0 Å². The summed E-state index contributed by atoms with van der Waals surface area (Å²) in [5.41, 5.74) is 1.98. The van der Waals surface area contributed by atoms with Gasteiger partial charge in [0.15, 0.2) is 0 Å². The van der Waals surface area contributed by atoms with Crippen molar-refractivity contribution in [2.75, 3.05) is 6.54 Å². The first-order valence-corrected chi connectivity index (χ1v) is 8.08. The number of amides is 1. The first-order chi connectivity index (χ1) is 12.1. The van der Waals surface area contributed by atoms with E-state index in [1.165, 1.54) is 6.08 Å². The summed E-state index contributed by atoms with van der Waals surface area (Å²) in [6.07, 6.45) is 3.60. The second kappa shape index (κ2) is 9.93. The summed E-state index contributed by atoms with van der Waals surface area (Å²) in [5, 5.41) is 11.2. The van der Waals surface area contributed by atoms with Crippen molar-refractivity contribution in [3.8, 4) is 5.75 Å². The molecule has 2 N–H and O–H groups in total. The minimum Gasteiger partial charge on any atom is -0.489 e. The second-order valence-corrected chi connectivity index (χ2v) is 5.46. The fourth-order valence-corrected chi connectivity index (χ4v) is 2.10. The molecule has 0 aliphatic carbocycles. The van der Waals surface area contributed by atoms with Crippen LogP contribution in [0, 0.1) is 0 Å². The number of ether oxygens (including phenoxy) is 1. The van der Waals surface area contributed by atoms with Crippen molar-refractivity contribution in [2.24, 2.45) is 0 Å². The Bertz CT molecular complexity index is 708. The maximum absolute atomic E-state index is 11.6. The lowest BCUT2D eigenvalue weighted by Crippen LogP contribution is -2.22. The summed E-state index contributed by atoms with van der Waals surface area (Å²) >= 11 is 0. The van der Waals surface area contributed by atoms with Gasteiger partial charge in [-0.25, -0.2) is 0 Å². The Labute approximate surface area is 146 Å². The zero-order chi connectivity index (χ0) is 17.9. The van der Waals surface area contributed by atoms with Crippen LogP contribution in [-0.4, -0.2) is 23.5 Å². The molecule has 25 heavy (non-hydrogen) atoms. The second-order valence-electron chi connectivity index (χ2n) is 5.46. The molecular formula is C20H21NO4. The van der Waals surface area contributed by atoms with Gasteiger partial charge in [0.05, 0.1) is 0 Å². The van der Waals surface area contributed by atoms with Gasteiger partial charge in [0.2, 0.25) is 5.91 Å². The highest BCUT2D eigenvalue weighted by Crippen LogP contribution is 2.15. The normalized spacial score (nSPS) is 10.6. The van der Waals surface area contributed by atoms with E-state index in [4.69, 9.17) is 9.84 Å². The van der Waals surface area contributed by atoms with E-state index in [1.807, 2.05) is 54.6 Å². The largest absolute Gasteiger partial charge is 0.489 e. The Morgan fingerprint density at radius 3 is 2.44 bits per heavy atom. The van der Waals surface area contributed by atoms with Crippen LogP contribution in [0.25, 0.3) is 6.08 Å². The SMILES string of the molecule is O=C(O)CCCNC(=O)C=Cc1ccc(OCc2ccccc2)cc1. The molecule has 0 saturated carbocycles. The fourth-order valence-electron chi connectivity index (χ4n) is 2.10. The molecule has 2 aromatic carbocycles. The lowest BCUT2D eigenvalue weighted by molar-refractivity contribution is -0.137. The van der Waals surface area contributed by atoms with Crippen LogP contribution in [0.3, 0.4) is 0 Å². The molecule has 0 aliphatic heterocycles. The van der Waals surface area contributed by atoms with Crippen molar-refractivity contribution < 1.29 is 19.4 Å². The minimum absolute atomic E-state index is 0.0500. The maximum Gasteiger partial charge on any atom is 0.303 e. The van der Waals surface area contributed by atoms with Gasteiger partial charge < -0.3 is 15.2 Å². The van der Waals surface area contributed by atoms with Gasteiger partial charge in [0.25, 0.3) is 0 Å². The number of aliphatic carboxylic acids is 1. The Hall–Kier alpha value is -3.08. The molecule has 5 heteroatoms. The van der Waals surface area contributed by atoms with E-state index in [0.717, 1.165) is 16.9 Å². The van der Waals surface area contributed by atoms with Gasteiger partial charge >= 0.3 is 5.97 Å². The number of carbonyl (C=O) groups is 2. The van der Waals surface area contributed by atoms with Crippen molar-refractivity contribution in [3.05, 3.63) is 71.8 Å². The van der Waals surface area contributed by atoms with Gasteiger partial charge in [-0.3, -0.25) is 9.59 Å². The zero-order valence-electron chi connectivity index (χ0n) is 13.9. The smallest absolute Gasteiger partial charge is 0.303 e. The number of rotatable bonds is 9. The molecule has 0 fully saturated rings. The molecule has 0 heterocycles. The summed E-state index contributed by atoms with van der Waals surface area (Å²) < 4.78 is 5.71. The first kappa shape index (κ1) is 18.3. The molecular weight excluding hydrogens is 318 g/mol. The van der Waals surface area contributed by atoms with Crippen LogP contribution in [-0.2, 0) is 16.2 Å². The predicted molar refractivity (Wildman–Crippen MR) is 96.1 cm³/mol. The number of carboxylic acids is 1. The monoisotopic (exact) mass is 339 g/mol. The van der Waals surface area contributed by atoms with Crippen LogP contribution in [0.15, 0.2) is 60.7 Å². The van der Waals surface area contributed by atoms with E-state index in [9.17, 15) is 9.59 Å². The first-order valence-electron chi connectivity index (χ1n) is 8.08. The summed E-state index contributed by atoms with van der Waals surface area (Å²) in [5.74, 6) is -0.340. The number of benzene rings is 2. The molecule has 0 saturated heterocycles. The standard InChI is InChI=1S/C20H21NO4/c22-19(21-14-4-7-20(23)24)13-10-16-8-11-18(12-9-16)25-15-17-5-2-1-3-6-17/h1-3,5-6,8-13H,4,7,14-15H2,(H,21,22)(H,23,24). The quantitative estimate of drug-likeness (QED) is 0.543. The highest BCUT2D eigenvalue weighted by atomic mass is 16.5. The summed E-state index contributed by atoms with van der Waals surface area (Å²) in [6, 6.07) is 17.4. The van der Waals surface area contributed by atoms with Crippen LogP contribution in [0.4, 0.5) is 0 Å². The number of nitrogens with one attached hydrogen (secondary N) is 1. The van der Waals surface area contributed by atoms with Crippen molar-refractivity contribution in [3.63, 3.8) is 0 Å². The van der Waals surface area contributed by atoms with Gasteiger partial charge in [-0.2, -0.15) is 0 Å².